The van der Waals surface area contributed by atoms with E-state index in [2.05, 4.69) is 24.4 Å². The van der Waals surface area contributed by atoms with E-state index in [9.17, 15) is 9.59 Å². The fourth-order valence-electron chi connectivity index (χ4n) is 3.09. The van der Waals surface area contributed by atoms with Crippen molar-refractivity contribution in [1.29, 1.82) is 0 Å². The summed E-state index contributed by atoms with van der Waals surface area (Å²) in [6.45, 7) is 4.99. The fraction of sp³-hybridized carbons (Fsp3) is 0.263. The molecule has 0 bridgehead atoms. The molecule has 0 fully saturated rings. The van der Waals surface area contributed by atoms with Crippen molar-refractivity contribution < 1.29 is 9.59 Å². The molecule has 118 valence electrons. The Kier molecular flexibility index (Phi) is 4.15. The van der Waals surface area contributed by atoms with E-state index in [-0.39, 0.29) is 11.8 Å². The average molecular weight is 308 g/mol. The van der Waals surface area contributed by atoms with Crippen molar-refractivity contribution in [3.63, 3.8) is 0 Å². The Balaban J connectivity index is 1.77. The molecule has 0 saturated heterocycles. The SMILES string of the molecule is CC(=O)Nc1ccc(C(=O)N2Cc3ccccc3C(C)C2)cc1. The molecule has 1 aliphatic rings. The maximum atomic E-state index is 12.7. The number of rotatable bonds is 2. The van der Waals surface area contributed by atoms with E-state index in [1.165, 1.54) is 18.1 Å². The van der Waals surface area contributed by atoms with E-state index in [0.717, 1.165) is 6.54 Å². The molecule has 4 heteroatoms. The maximum absolute atomic E-state index is 12.7. The standard InChI is InChI=1S/C19H20N2O2/c1-13-11-21(12-16-5-3-4-6-18(13)16)19(23)15-7-9-17(10-8-15)20-14(2)22/h3-10,13H,11-12H2,1-2H3,(H,20,22). The highest BCUT2D eigenvalue weighted by Crippen LogP contribution is 2.28. The number of carbonyl (C=O) groups excluding carboxylic acids is 2. The first-order valence-electron chi connectivity index (χ1n) is 7.79. The van der Waals surface area contributed by atoms with E-state index < -0.39 is 0 Å². The normalized spacial score (nSPS) is 16.6. The fourth-order valence-corrected chi connectivity index (χ4v) is 3.09. The van der Waals surface area contributed by atoms with Crippen molar-refractivity contribution in [2.75, 3.05) is 11.9 Å². The van der Waals surface area contributed by atoms with Gasteiger partial charge in [-0.2, -0.15) is 0 Å². The van der Waals surface area contributed by atoms with E-state index in [0.29, 0.717) is 23.7 Å². The molecule has 0 spiro atoms. The van der Waals surface area contributed by atoms with Crippen LogP contribution in [-0.2, 0) is 11.3 Å². The van der Waals surface area contributed by atoms with Gasteiger partial charge >= 0.3 is 0 Å². The summed E-state index contributed by atoms with van der Waals surface area (Å²) in [5.41, 5.74) is 3.89. The van der Waals surface area contributed by atoms with Gasteiger partial charge in [0, 0.05) is 31.3 Å². The van der Waals surface area contributed by atoms with Crippen molar-refractivity contribution in [2.45, 2.75) is 26.3 Å². The molecule has 1 N–H and O–H groups in total. The molecule has 23 heavy (non-hydrogen) atoms. The van der Waals surface area contributed by atoms with Gasteiger partial charge in [-0.05, 0) is 41.3 Å². The number of nitrogens with zero attached hydrogens (tertiary/aromatic N) is 1. The third-order valence-electron chi connectivity index (χ3n) is 4.18. The van der Waals surface area contributed by atoms with Gasteiger partial charge in [-0.3, -0.25) is 9.59 Å². The molecule has 0 saturated carbocycles. The highest BCUT2D eigenvalue weighted by atomic mass is 16.2. The summed E-state index contributed by atoms with van der Waals surface area (Å²) < 4.78 is 0. The quantitative estimate of drug-likeness (QED) is 0.924. The summed E-state index contributed by atoms with van der Waals surface area (Å²) in [4.78, 5) is 25.7. The lowest BCUT2D eigenvalue weighted by molar-refractivity contribution is -0.114. The number of benzene rings is 2. The van der Waals surface area contributed by atoms with E-state index in [4.69, 9.17) is 0 Å². The van der Waals surface area contributed by atoms with Gasteiger partial charge < -0.3 is 10.2 Å². The van der Waals surface area contributed by atoms with Crippen LogP contribution in [0.25, 0.3) is 0 Å². The summed E-state index contributed by atoms with van der Waals surface area (Å²) >= 11 is 0. The molecule has 1 unspecified atom stereocenters. The summed E-state index contributed by atoms with van der Waals surface area (Å²) in [6, 6.07) is 15.3. The Bertz CT molecular complexity index is 737. The molecule has 1 atom stereocenters. The molecular weight excluding hydrogens is 288 g/mol. The second-order valence-electron chi connectivity index (χ2n) is 6.04. The molecule has 0 aromatic heterocycles. The van der Waals surface area contributed by atoms with Crippen LogP contribution in [0.5, 0.6) is 0 Å². The zero-order valence-electron chi connectivity index (χ0n) is 13.4. The van der Waals surface area contributed by atoms with Crippen molar-refractivity contribution in [1.82, 2.24) is 4.90 Å². The highest BCUT2D eigenvalue weighted by Gasteiger charge is 2.25. The summed E-state index contributed by atoms with van der Waals surface area (Å²) in [7, 11) is 0. The van der Waals surface area contributed by atoms with Crippen LogP contribution in [0.3, 0.4) is 0 Å². The van der Waals surface area contributed by atoms with Crippen LogP contribution < -0.4 is 5.32 Å². The van der Waals surface area contributed by atoms with Crippen molar-refractivity contribution in [3.05, 3.63) is 65.2 Å². The first kappa shape index (κ1) is 15.3. The molecule has 1 heterocycles. The first-order valence-corrected chi connectivity index (χ1v) is 7.79. The number of carbonyl (C=O) groups is 2. The lowest BCUT2D eigenvalue weighted by atomic mass is 9.91. The second kappa shape index (κ2) is 6.24. The zero-order valence-corrected chi connectivity index (χ0v) is 13.4. The summed E-state index contributed by atoms with van der Waals surface area (Å²) in [6.07, 6.45) is 0. The van der Waals surface area contributed by atoms with Gasteiger partial charge in [0.1, 0.15) is 0 Å². The van der Waals surface area contributed by atoms with Crippen LogP contribution in [0.2, 0.25) is 0 Å². The molecule has 0 aliphatic carbocycles. The van der Waals surface area contributed by atoms with Crippen molar-refractivity contribution in [2.24, 2.45) is 0 Å². The Hall–Kier alpha value is -2.62. The molecular formula is C19H20N2O2. The number of nitrogens with one attached hydrogen (secondary N) is 1. The van der Waals surface area contributed by atoms with E-state index in [1.807, 2.05) is 17.0 Å². The molecule has 2 aromatic rings. The van der Waals surface area contributed by atoms with Gasteiger partial charge in [-0.15, -0.1) is 0 Å². The lowest BCUT2D eigenvalue weighted by Crippen LogP contribution is -2.37. The van der Waals surface area contributed by atoms with Crippen molar-refractivity contribution >= 4 is 17.5 Å². The first-order chi connectivity index (χ1) is 11.0. The minimum atomic E-state index is -0.120. The number of fused-ring (bicyclic) bond motifs is 1. The van der Waals surface area contributed by atoms with Gasteiger partial charge in [0.05, 0.1) is 0 Å². The second-order valence-corrected chi connectivity index (χ2v) is 6.04. The Morgan fingerprint density at radius 3 is 2.48 bits per heavy atom. The summed E-state index contributed by atoms with van der Waals surface area (Å²) in [5, 5.41) is 2.71. The topological polar surface area (TPSA) is 49.4 Å². The third-order valence-corrected chi connectivity index (χ3v) is 4.18. The highest BCUT2D eigenvalue weighted by molar-refractivity contribution is 5.95. The number of anilines is 1. The van der Waals surface area contributed by atoms with Crippen LogP contribution in [0, 0.1) is 0 Å². The van der Waals surface area contributed by atoms with Crippen LogP contribution in [0.1, 0.15) is 41.3 Å². The molecule has 1 aliphatic heterocycles. The Labute approximate surface area is 136 Å². The Morgan fingerprint density at radius 1 is 1.09 bits per heavy atom. The van der Waals surface area contributed by atoms with E-state index >= 15 is 0 Å². The van der Waals surface area contributed by atoms with Gasteiger partial charge in [0.15, 0.2) is 0 Å². The van der Waals surface area contributed by atoms with Crippen molar-refractivity contribution in [3.8, 4) is 0 Å². The van der Waals surface area contributed by atoms with Crippen LogP contribution in [-0.4, -0.2) is 23.3 Å². The van der Waals surface area contributed by atoms with Crippen LogP contribution in [0.4, 0.5) is 5.69 Å². The minimum Gasteiger partial charge on any atom is -0.334 e. The molecule has 2 amide bonds. The third kappa shape index (κ3) is 3.26. The molecule has 2 aromatic carbocycles. The summed E-state index contributed by atoms with van der Waals surface area (Å²) in [5.74, 6) is 0.244. The van der Waals surface area contributed by atoms with Crippen LogP contribution in [0.15, 0.2) is 48.5 Å². The van der Waals surface area contributed by atoms with Gasteiger partial charge in [0.25, 0.3) is 5.91 Å². The maximum Gasteiger partial charge on any atom is 0.254 e. The zero-order chi connectivity index (χ0) is 16.4. The van der Waals surface area contributed by atoms with Crippen LogP contribution >= 0.6 is 0 Å². The monoisotopic (exact) mass is 308 g/mol. The minimum absolute atomic E-state index is 0.0285. The number of hydrogen-bond acceptors (Lipinski definition) is 2. The van der Waals surface area contributed by atoms with Gasteiger partial charge in [-0.1, -0.05) is 31.2 Å². The smallest absolute Gasteiger partial charge is 0.254 e. The Morgan fingerprint density at radius 2 is 1.78 bits per heavy atom. The van der Waals surface area contributed by atoms with Gasteiger partial charge in [0.2, 0.25) is 5.91 Å². The molecule has 4 nitrogen and oxygen atoms in total. The number of hydrogen-bond donors (Lipinski definition) is 1. The molecule has 3 rings (SSSR count). The average Bonchev–Trinajstić information content (AvgIpc) is 2.54. The predicted molar refractivity (Wildman–Crippen MR) is 90.3 cm³/mol. The lowest BCUT2D eigenvalue weighted by Gasteiger charge is -2.33. The number of amides is 2. The largest absolute Gasteiger partial charge is 0.334 e. The van der Waals surface area contributed by atoms with E-state index in [1.54, 1.807) is 24.3 Å². The van der Waals surface area contributed by atoms with Gasteiger partial charge in [-0.25, -0.2) is 0 Å². The predicted octanol–water partition coefficient (Wildman–Crippen LogP) is 3.40. The molecule has 0 radical (unpaired) electrons.